The zero-order chi connectivity index (χ0) is 10.1. The Bertz CT molecular complexity index is 179. The van der Waals surface area contributed by atoms with Crippen LogP contribution in [-0.4, -0.2) is 30.1 Å². The Kier molecular flexibility index (Phi) is 3.13. The number of nitrogens with two attached hydrogens (primary N) is 1. The van der Waals surface area contributed by atoms with Gasteiger partial charge in [0.1, 0.15) is 0 Å². The zero-order valence-corrected chi connectivity index (χ0v) is 9.58. The van der Waals surface area contributed by atoms with Gasteiger partial charge in [-0.15, -0.1) is 0 Å². The highest BCUT2D eigenvalue weighted by atomic mass is 15.2. The van der Waals surface area contributed by atoms with Crippen molar-refractivity contribution in [1.82, 2.24) is 4.90 Å². The predicted octanol–water partition coefficient (Wildman–Crippen LogP) is 1.84. The SMILES string of the molecule is CCN1C2CCC1CC(C(C)CN)C2. The minimum Gasteiger partial charge on any atom is -0.330 e. The summed E-state index contributed by atoms with van der Waals surface area (Å²) < 4.78 is 0. The maximum Gasteiger partial charge on any atom is 0.0101 e. The van der Waals surface area contributed by atoms with Gasteiger partial charge in [-0.25, -0.2) is 0 Å². The molecule has 2 bridgehead atoms. The van der Waals surface area contributed by atoms with Gasteiger partial charge in [0, 0.05) is 12.1 Å². The van der Waals surface area contributed by atoms with Crippen LogP contribution in [0.15, 0.2) is 0 Å². The Morgan fingerprint density at radius 1 is 1.29 bits per heavy atom. The first-order valence-corrected chi connectivity index (χ1v) is 6.22. The highest BCUT2D eigenvalue weighted by molar-refractivity contribution is 4.95. The minimum absolute atomic E-state index is 0.733. The van der Waals surface area contributed by atoms with Crippen molar-refractivity contribution in [3.8, 4) is 0 Å². The van der Waals surface area contributed by atoms with E-state index < -0.39 is 0 Å². The molecule has 0 aliphatic carbocycles. The van der Waals surface area contributed by atoms with Gasteiger partial charge >= 0.3 is 0 Å². The molecule has 82 valence electrons. The lowest BCUT2D eigenvalue weighted by Gasteiger charge is -2.40. The molecule has 2 rings (SSSR count). The Morgan fingerprint density at radius 2 is 1.86 bits per heavy atom. The molecule has 2 N–H and O–H groups in total. The van der Waals surface area contributed by atoms with Crippen molar-refractivity contribution >= 4 is 0 Å². The van der Waals surface area contributed by atoms with Gasteiger partial charge in [-0.3, -0.25) is 4.90 Å². The highest BCUT2D eigenvalue weighted by Gasteiger charge is 2.40. The van der Waals surface area contributed by atoms with Crippen molar-refractivity contribution in [1.29, 1.82) is 0 Å². The molecule has 2 nitrogen and oxygen atoms in total. The maximum atomic E-state index is 5.77. The lowest BCUT2D eigenvalue weighted by Crippen LogP contribution is -2.44. The smallest absolute Gasteiger partial charge is 0.0101 e. The van der Waals surface area contributed by atoms with Crippen LogP contribution < -0.4 is 5.73 Å². The Balaban J connectivity index is 1.98. The molecular weight excluding hydrogens is 172 g/mol. The van der Waals surface area contributed by atoms with Gasteiger partial charge in [0.15, 0.2) is 0 Å². The van der Waals surface area contributed by atoms with Gasteiger partial charge in [0.2, 0.25) is 0 Å². The van der Waals surface area contributed by atoms with E-state index in [4.69, 9.17) is 5.73 Å². The van der Waals surface area contributed by atoms with Gasteiger partial charge in [-0.2, -0.15) is 0 Å². The molecule has 0 spiro atoms. The quantitative estimate of drug-likeness (QED) is 0.746. The minimum atomic E-state index is 0.733. The fourth-order valence-electron chi connectivity index (χ4n) is 3.49. The molecule has 2 aliphatic rings. The topological polar surface area (TPSA) is 29.3 Å². The summed E-state index contributed by atoms with van der Waals surface area (Å²) in [5.74, 6) is 1.64. The predicted molar refractivity (Wildman–Crippen MR) is 60.1 cm³/mol. The molecule has 3 atom stereocenters. The monoisotopic (exact) mass is 196 g/mol. The van der Waals surface area contributed by atoms with Crippen molar-refractivity contribution in [3.63, 3.8) is 0 Å². The average Bonchev–Trinajstić information content (AvgIpc) is 2.46. The summed E-state index contributed by atoms with van der Waals surface area (Å²) in [5.41, 5.74) is 5.77. The number of fused-ring (bicyclic) bond motifs is 2. The first kappa shape index (κ1) is 10.4. The van der Waals surface area contributed by atoms with Crippen LogP contribution in [-0.2, 0) is 0 Å². The number of hydrogen-bond acceptors (Lipinski definition) is 2. The molecule has 2 fully saturated rings. The molecule has 0 aromatic rings. The standard InChI is InChI=1S/C12H24N2/c1-3-14-11-4-5-12(14)7-10(6-11)9(2)8-13/h9-12H,3-8,13H2,1-2H3. The van der Waals surface area contributed by atoms with E-state index in [0.717, 1.165) is 30.5 Å². The van der Waals surface area contributed by atoms with Gasteiger partial charge in [0.05, 0.1) is 0 Å². The molecule has 2 heterocycles. The van der Waals surface area contributed by atoms with Crippen molar-refractivity contribution in [2.75, 3.05) is 13.1 Å². The summed E-state index contributed by atoms with van der Waals surface area (Å²) in [4.78, 5) is 2.72. The first-order chi connectivity index (χ1) is 6.76. The van der Waals surface area contributed by atoms with Crippen LogP contribution >= 0.6 is 0 Å². The third-order valence-electron chi connectivity index (χ3n) is 4.46. The number of piperidine rings is 1. The van der Waals surface area contributed by atoms with Gasteiger partial charge in [0.25, 0.3) is 0 Å². The first-order valence-electron chi connectivity index (χ1n) is 6.22. The third-order valence-corrected chi connectivity index (χ3v) is 4.46. The van der Waals surface area contributed by atoms with Crippen LogP contribution in [0.3, 0.4) is 0 Å². The molecule has 0 aromatic carbocycles. The normalized spacial score (nSPS) is 40.1. The Hall–Kier alpha value is -0.0800. The lowest BCUT2D eigenvalue weighted by molar-refractivity contribution is 0.0887. The van der Waals surface area contributed by atoms with E-state index in [1.54, 1.807) is 0 Å². The molecule has 0 saturated carbocycles. The second-order valence-corrected chi connectivity index (χ2v) is 5.16. The average molecular weight is 196 g/mol. The lowest BCUT2D eigenvalue weighted by atomic mass is 9.82. The van der Waals surface area contributed by atoms with Crippen LogP contribution in [0.4, 0.5) is 0 Å². The number of rotatable bonds is 3. The molecular formula is C12H24N2. The van der Waals surface area contributed by atoms with E-state index >= 15 is 0 Å². The molecule has 2 saturated heterocycles. The summed E-state index contributed by atoms with van der Waals surface area (Å²) in [6.07, 6.45) is 5.68. The Labute approximate surface area is 87.8 Å². The van der Waals surface area contributed by atoms with Crippen molar-refractivity contribution in [2.45, 2.75) is 51.6 Å². The largest absolute Gasteiger partial charge is 0.330 e. The summed E-state index contributed by atoms with van der Waals surface area (Å²) >= 11 is 0. The summed E-state index contributed by atoms with van der Waals surface area (Å²) in [7, 11) is 0. The van der Waals surface area contributed by atoms with Crippen LogP contribution in [0.1, 0.15) is 39.5 Å². The summed E-state index contributed by atoms with van der Waals surface area (Å²) in [5, 5.41) is 0. The van der Waals surface area contributed by atoms with Crippen molar-refractivity contribution in [3.05, 3.63) is 0 Å². The van der Waals surface area contributed by atoms with Gasteiger partial charge < -0.3 is 5.73 Å². The third kappa shape index (κ3) is 1.70. The molecule has 0 radical (unpaired) electrons. The summed E-state index contributed by atoms with van der Waals surface area (Å²) in [6.45, 7) is 6.75. The highest BCUT2D eigenvalue weighted by Crippen LogP contribution is 2.40. The molecule has 0 amide bonds. The van der Waals surface area contributed by atoms with Crippen LogP contribution in [0.5, 0.6) is 0 Å². The van der Waals surface area contributed by atoms with Crippen LogP contribution in [0.2, 0.25) is 0 Å². The molecule has 0 aromatic heterocycles. The number of hydrogen-bond donors (Lipinski definition) is 1. The van der Waals surface area contributed by atoms with E-state index in [1.807, 2.05) is 0 Å². The van der Waals surface area contributed by atoms with E-state index in [1.165, 1.54) is 32.2 Å². The number of nitrogens with zero attached hydrogens (tertiary/aromatic N) is 1. The zero-order valence-electron chi connectivity index (χ0n) is 9.58. The van der Waals surface area contributed by atoms with Crippen molar-refractivity contribution < 1.29 is 0 Å². The van der Waals surface area contributed by atoms with Crippen molar-refractivity contribution in [2.24, 2.45) is 17.6 Å². The fourth-order valence-corrected chi connectivity index (χ4v) is 3.49. The van der Waals surface area contributed by atoms with E-state index in [-0.39, 0.29) is 0 Å². The summed E-state index contributed by atoms with van der Waals surface area (Å²) in [6, 6.07) is 1.77. The van der Waals surface area contributed by atoms with Crippen LogP contribution in [0.25, 0.3) is 0 Å². The molecule has 14 heavy (non-hydrogen) atoms. The molecule has 3 unspecified atom stereocenters. The van der Waals surface area contributed by atoms with Crippen LogP contribution in [0, 0.1) is 11.8 Å². The second-order valence-electron chi connectivity index (χ2n) is 5.16. The maximum absolute atomic E-state index is 5.77. The molecule has 2 heteroatoms. The van der Waals surface area contributed by atoms with E-state index in [9.17, 15) is 0 Å². The van der Waals surface area contributed by atoms with E-state index in [0.29, 0.717) is 0 Å². The van der Waals surface area contributed by atoms with Gasteiger partial charge in [-0.1, -0.05) is 13.8 Å². The fraction of sp³-hybridized carbons (Fsp3) is 1.00. The Morgan fingerprint density at radius 3 is 2.29 bits per heavy atom. The second kappa shape index (κ2) is 4.19. The van der Waals surface area contributed by atoms with Gasteiger partial charge in [-0.05, 0) is 50.6 Å². The van der Waals surface area contributed by atoms with E-state index in [2.05, 4.69) is 18.7 Å². The molecule has 2 aliphatic heterocycles.